The van der Waals surface area contributed by atoms with Crippen LogP contribution < -0.4 is 0 Å². The van der Waals surface area contributed by atoms with Gasteiger partial charge < -0.3 is 0 Å². The SMILES string of the molecule is CN1OC(CBr)C(C)(C)C1=O. The second kappa shape index (κ2) is 2.75. The highest BCUT2D eigenvalue weighted by Gasteiger charge is 2.46. The third kappa shape index (κ3) is 1.29. The average Bonchev–Trinajstić information content (AvgIpc) is 2.13. The number of hydrogen-bond acceptors (Lipinski definition) is 2. The van der Waals surface area contributed by atoms with E-state index in [1.165, 1.54) is 5.06 Å². The lowest BCUT2D eigenvalue weighted by molar-refractivity contribution is -0.161. The number of amides is 1. The van der Waals surface area contributed by atoms with Crippen molar-refractivity contribution in [3.63, 3.8) is 0 Å². The van der Waals surface area contributed by atoms with Crippen LogP contribution in [0.25, 0.3) is 0 Å². The topological polar surface area (TPSA) is 29.5 Å². The molecule has 1 fully saturated rings. The number of rotatable bonds is 1. The van der Waals surface area contributed by atoms with Gasteiger partial charge in [-0.15, -0.1) is 0 Å². The molecule has 0 saturated carbocycles. The Balaban J connectivity index is 2.82. The summed E-state index contributed by atoms with van der Waals surface area (Å²) in [4.78, 5) is 16.7. The van der Waals surface area contributed by atoms with Gasteiger partial charge in [0.1, 0.15) is 6.10 Å². The van der Waals surface area contributed by atoms with Gasteiger partial charge in [-0.2, -0.15) is 0 Å². The van der Waals surface area contributed by atoms with Crippen molar-refractivity contribution >= 4 is 21.8 Å². The fraction of sp³-hybridized carbons (Fsp3) is 0.857. The van der Waals surface area contributed by atoms with Gasteiger partial charge in [0.25, 0.3) is 5.91 Å². The van der Waals surface area contributed by atoms with Crippen molar-refractivity contribution in [3.05, 3.63) is 0 Å². The van der Waals surface area contributed by atoms with E-state index < -0.39 is 5.41 Å². The van der Waals surface area contributed by atoms with Crippen LogP contribution in [0.1, 0.15) is 13.8 Å². The predicted octanol–water partition coefficient (Wildman–Crippen LogP) is 1.18. The van der Waals surface area contributed by atoms with E-state index in [0.29, 0.717) is 5.33 Å². The summed E-state index contributed by atoms with van der Waals surface area (Å²) in [7, 11) is 1.65. The Bertz CT molecular complexity index is 181. The Labute approximate surface area is 74.8 Å². The molecule has 0 aromatic rings. The summed E-state index contributed by atoms with van der Waals surface area (Å²) in [5.41, 5.74) is -0.391. The van der Waals surface area contributed by atoms with Crippen LogP contribution >= 0.6 is 15.9 Å². The van der Waals surface area contributed by atoms with Crippen LogP contribution in [-0.4, -0.2) is 29.5 Å². The van der Waals surface area contributed by atoms with E-state index in [1.807, 2.05) is 13.8 Å². The minimum Gasteiger partial charge on any atom is -0.272 e. The van der Waals surface area contributed by atoms with E-state index in [-0.39, 0.29) is 12.0 Å². The van der Waals surface area contributed by atoms with Crippen LogP contribution in [0.4, 0.5) is 0 Å². The van der Waals surface area contributed by atoms with Gasteiger partial charge in [0.15, 0.2) is 0 Å². The quantitative estimate of drug-likeness (QED) is 0.623. The summed E-state index contributed by atoms with van der Waals surface area (Å²) >= 11 is 3.30. The van der Waals surface area contributed by atoms with Crippen LogP contribution in [0.15, 0.2) is 0 Å². The van der Waals surface area contributed by atoms with Gasteiger partial charge in [-0.1, -0.05) is 15.9 Å². The van der Waals surface area contributed by atoms with Gasteiger partial charge in [-0.25, -0.2) is 5.06 Å². The van der Waals surface area contributed by atoms with Crippen LogP contribution in [0.5, 0.6) is 0 Å². The Morgan fingerprint density at radius 3 is 2.45 bits per heavy atom. The standard InChI is InChI=1S/C7H12BrNO2/c1-7(2)5(4-8)11-9(3)6(7)10/h5H,4H2,1-3H3. The molecule has 3 nitrogen and oxygen atoms in total. The highest BCUT2D eigenvalue weighted by Crippen LogP contribution is 2.33. The van der Waals surface area contributed by atoms with Crippen molar-refractivity contribution in [1.29, 1.82) is 0 Å². The van der Waals surface area contributed by atoms with Crippen LogP contribution in [0.2, 0.25) is 0 Å². The molecule has 0 N–H and O–H groups in total. The van der Waals surface area contributed by atoms with Crippen molar-refractivity contribution < 1.29 is 9.63 Å². The third-order valence-corrected chi connectivity index (χ3v) is 2.66. The molecular weight excluding hydrogens is 210 g/mol. The second-order valence-electron chi connectivity index (χ2n) is 3.27. The van der Waals surface area contributed by atoms with Gasteiger partial charge >= 0.3 is 0 Å². The molecule has 0 aromatic heterocycles. The molecule has 0 radical (unpaired) electrons. The number of nitrogens with zero attached hydrogens (tertiary/aromatic N) is 1. The number of halogens is 1. The Kier molecular flexibility index (Phi) is 2.25. The molecule has 1 aliphatic heterocycles. The van der Waals surface area contributed by atoms with E-state index in [9.17, 15) is 4.79 Å². The summed E-state index contributed by atoms with van der Waals surface area (Å²) in [5, 5.41) is 2.00. The molecule has 1 unspecified atom stereocenters. The van der Waals surface area contributed by atoms with Crippen molar-refractivity contribution in [2.45, 2.75) is 20.0 Å². The summed E-state index contributed by atoms with van der Waals surface area (Å²) in [5.74, 6) is 0.0435. The number of carbonyl (C=O) groups is 1. The zero-order valence-corrected chi connectivity index (χ0v) is 8.51. The summed E-state index contributed by atoms with van der Waals surface area (Å²) in [6, 6.07) is 0. The monoisotopic (exact) mass is 221 g/mol. The molecule has 11 heavy (non-hydrogen) atoms. The van der Waals surface area contributed by atoms with E-state index in [4.69, 9.17) is 4.84 Å². The molecule has 0 spiro atoms. The van der Waals surface area contributed by atoms with E-state index in [0.717, 1.165) is 0 Å². The first-order valence-corrected chi connectivity index (χ1v) is 4.63. The average molecular weight is 222 g/mol. The smallest absolute Gasteiger partial charge is 0.254 e. The third-order valence-electron chi connectivity index (χ3n) is 2.07. The molecule has 1 rings (SSSR count). The first-order valence-electron chi connectivity index (χ1n) is 3.51. The van der Waals surface area contributed by atoms with Crippen LogP contribution in [0.3, 0.4) is 0 Å². The number of hydrogen-bond donors (Lipinski definition) is 0. The van der Waals surface area contributed by atoms with E-state index in [2.05, 4.69) is 15.9 Å². The van der Waals surface area contributed by atoms with Crippen molar-refractivity contribution in [3.8, 4) is 0 Å². The Hall–Kier alpha value is -0.0900. The van der Waals surface area contributed by atoms with Gasteiger partial charge in [-0.3, -0.25) is 9.63 Å². The maximum atomic E-state index is 11.4. The highest BCUT2D eigenvalue weighted by molar-refractivity contribution is 9.09. The van der Waals surface area contributed by atoms with Crippen LogP contribution in [0, 0.1) is 5.41 Å². The van der Waals surface area contributed by atoms with E-state index in [1.54, 1.807) is 7.05 Å². The molecule has 1 amide bonds. The van der Waals surface area contributed by atoms with Gasteiger partial charge in [0, 0.05) is 12.4 Å². The first kappa shape index (κ1) is 9.00. The molecule has 1 heterocycles. The second-order valence-corrected chi connectivity index (χ2v) is 3.92. The highest BCUT2D eigenvalue weighted by atomic mass is 79.9. The Morgan fingerprint density at radius 2 is 2.27 bits per heavy atom. The molecule has 0 aromatic carbocycles. The maximum Gasteiger partial charge on any atom is 0.254 e. The summed E-state index contributed by atoms with van der Waals surface area (Å²) in [6.45, 7) is 3.79. The van der Waals surface area contributed by atoms with Crippen LogP contribution in [-0.2, 0) is 9.63 Å². The molecule has 0 aliphatic carbocycles. The molecule has 1 aliphatic rings. The number of hydroxylamine groups is 2. The maximum absolute atomic E-state index is 11.4. The number of carbonyl (C=O) groups excluding carboxylic acids is 1. The molecule has 64 valence electrons. The largest absolute Gasteiger partial charge is 0.272 e. The minimum absolute atomic E-state index is 0.0417. The lowest BCUT2D eigenvalue weighted by Gasteiger charge is -2.17. The molecule has 1 saturated heterocycles. The van der Waals surface area contributed by atoms with Crippen molar-refractivity contribution in [2.75, 3.05) is 12.4 Å². The van der Waals surface area contributed by atoms with Gasteiger partial charge in [-0.05, 0) is 13.8 Å². The fourth-order valence-corrected chi connectivity index (χ4v) is 2.06. The zero-order chi connectivity index (χ0) is 8.65. The molecular formula is C7H12BrNO2. The summed E-state index contributed by atoms with van der Waals surface area (Å²) in [6.07, 6.45) is -0.0417. The van der Waals surface area contributed by atoms with E-state index >= 15 is 0 Å². The fourth-order valence-electron chi connectivity index (χ4n) is 1.14. The molecule has 4 heteroatoms. The molecule has 1 atom stereocenters. The van der Waals surface area contributed by atoms with Gasteiger partial charge in [0.2, 0.25) is 0 Å². The predicted molar refractivity (Wildman–Crippen MR) is 45.2 cm³/mol. The minimum atomic E-state index is -0.391. The van der Waals surface area contributed by atoms with Gasteiger partial charge in [0.05, 0.1) is 5.41 Å². The lowest BCUT2D eigenvalue weighted by atomic mass is 9.88. The van der Waals surface area contributed by atoms with Crippen molar-refractivity contribution in [2.24, 2.45) is 5.41 Å². The normalized spacial score (nSPS) is 29.6. The first-order chi connectivity index (χ1) is 5.00. The van der Waals surface area contributed by atoms with Crippen molar-refractivity contribution in [1.82, 2.24) is 5.06 Å². The number of alkyl halides is 1. The summed E-state index contributed by atoms with van der Waals surface area (Å²) < 4.78 is 0. The Morgan fingerprint density at radius 1 is 1.73 bits per heavy atom. The lowest BCUT2D eigenvalue weighted by Crippen LogP contribution is -2.32. The zero-order valence-electron chi connectivity index (χ0n) is 6.93. The molecule has 0 bridgehead atoms.